The number of hydrogen-bond donors (Lipinski definition) is 1. The van der Waals surface area contributed by atoms with Gasteiger partial charge in [-0.15, -0.1) is 0 Å². The van der Waals surface area contributed by atoms with Crippen LogP contribution in [0.15, 0.2) is 41.7 Å². The molecule has 0 saturated carbocycles. The second kappa shape index (κ2) is 10.1. The number of aliphatic imine (C=N–C) groups is 1. The summed E-state index contributed by atoms with van der Waals surface area (Å²) in [6.07, 6.45) is 7.96. The molecule has 2 aliphatic heterocycles. The lowest BCUT2D eigenvalue weighted by atomic mass is 10.0. The maximum Gasteiger partial charge on any atom is 0.194 e. The number of nitrogens with one attached hydrogen (secondary N) is 1. The first-order valence-electron chi connectivity index (χ1n) is 11.1. The number of aryl methyl sites for hydroxylation is 1. The van der Waals surface area contributed by atoms with Gasteiger partial charge in [-0.3, -0.25) is 14.6 Å². The number of aromatic nitrogens is 2. The highest BCUT2D eigenvalue weighted by Gasteiger charge is 2.25. The van der Waals surface area contributed by atoms with Gasteiger partial charge in [0.2, 0.25) is 0 Å². The van der Waals surface area contributed by atoms with Crippen LogP contribution >= 0.6 is 0 Å². The molecule has 1 atom stereocenters. The fourth-order valence-corrected chi connectivity index (χ4v) is 4.40. The Balaban J connectivity index is 1.37. The predicted molar refractivity (Wildman–Crippen MR) is 119 cm³/mol. The molecule has 2 fully saturated rings. The molecule has 2 aliphatic rings. The summed E-state index contributed by atoms with van der Waals surface area (Å²) in [5.74, 6) is 0.931. The number of nitrogens with zero attached hydrogens (tertiary/aromatic N) is 5. The van der Waals surface area contributed by atoms with Crippen LogP contribution in [-0.4, -0.2) is 65.4 Å². The monoisotopic (exact) mass is 410 g/mol. The zero-order chi connectivity index (χ0) is 20.8. The van der Waals surface area contributed by atoms with Crippen LogP contribution in [-0.2, 0) is 24.9 Å². The third kappa shape index (κ3) is 5.21. The lowest BCUT2D eigenvalue weighted by Gasteiger charge is -2.35. The Hall–Kier alpha value is -2.38. The predicted octanol–water partition coefficient (Wildman–Crippen LogP) is 2.55. The number of morpholine rings is 1. The second-order valence-corrected chi connectivity index (χ2v) is 8.26. The Morgan fingerprint density at radius 3 is 2.70 bits per heavy atom. The fraction of sp³-hybridized carbons (Fsp3) is 0.565. The molecular formula is C23H34N6O. The number of hydrogen-bond acceptors (Lipinski definition) is 4. The quantitative estimate of drug-likeness (QED) is 0.606. The van der Waals surface area contributed by atoms with Crippen LogP contribution in [0.1, 0.15) is 42.1 Å². The van der Waals surface area contributed by atoms with E-state index < -0.39 is 0 Å². The van der Waals surface area contributed by atoms with Crippen molar-refractivity contribution in [1.29, 1.82) is 0 Å². The summed E-state index contributed by atoms with van der Waals surface area (Å²) in [5, 5.41) is 7.88. The Morgan fingerprint density at radius 1 is 1.17 bits per heavy atom. The molecule has 0 aliphatic carbocycles. The molecule has 3 heterocycles. The van der Waals surface area contributed by atoms with E-state index in [1.807, 2.05) is 31.2 Å². The molecule has 4 rings (SSSR count). The third-order valence-electron chi connectivity index (χ3n) is 6.07. The summed E-state index contributed by atoms with van der Waals surface area (Å²) in [6, 6.07) is 8.78. The van der Waals surface area contributed by atoms with Crippen molar-refractivity contribution >= 4 is 5.96 Å². The number of rotatable bonds is 5. The van der Waals surface area contributed by atoms with Gasteiger partial charge in [-0.1, -0.05) is 30.7 Å². The van der Waals surface area contributed by atoms with Gasteiger partial charge in [-0.2, -0.15) is 5.10 Å². The highest BCUT2D eigenvalue weighted by Crippen LogP contribution is 2.22. The van der Waals surface area contributed by atoms with E-state index in [-0.39, 0.29) is 6.10 Å². The van der Waals surface area contributed by atoms with E-state index >= 15 is 0 Å². The van der Waals surface area contributed by atoms with Crippen LogP contribution in [0.3, 0.4) is 0 Å². The van der Waals surface area contributed by atoms with Crippen molar-refractivity contribution < 1.29 is 4.74 Å². The van der Waals surface area contributed by atoms with Crippen LogP contribution in [0.4, 0.5) is 0 Å². The van der Waals surface area contributed by atoms with E-state index in [4.69, 9.17) is 4.74 Å². The molecule has 30 heavy (non-hydrogen) atoms. The summed E-state index contributed by atoms with van der Waals surface area (Å²) >= 11 is 0. The number of ether oxygens (including phenoxy) is 1. The van der Waals surface area contributed by atoms with Gasteiger partial charge in [0.1, 0.15) is 6.10 Å². The summed E-state index contributed by atoms with van der Waals surface area (Å²) in [4.78, 5) is 9.42. The number of piperidine rings is 1. The van der Waals surface area contributed by atoms with Crippen molar-refractivity contribution in [2.45, 2.75) is 38.5 Å². The van der Waals surface area contributed by atoms with Crippen molar-refractivity contribution in [2.24, 2.45) is 12.0 Å². The lowest BCUT2D eigenvalue weighted by molar-refractivity contribution is -0.00805. The van der Waals surface area contributed by atoms with Gasteiger partial charge in [0.15, 0.2) is 5.96 Å². The molecular weight excluding hydrogens is 376 g/mol. The maximum atomic E-state index is 5.99. The van der Waals surface area contributed by atoms with Crippen LogP contribution in [0.2, 0.25) is 0 Å². The van der Waals surface area contributed by atoms with E-state index in [1.54, 1.807) is 0 Å². The molecule has 0 radical (unpaired) electrons. The second-order valence-electron chi connectivity index (χ2n) is 8.26. The Labute approximate surface area is 179 Å². The average Bonchev–Trinajstić information content (AvgIpc) is 3.23. The average molecular weight is 411 g/mol. The molecule has 1 unspecified atom stereocenters. The van der Waals surface area contributed by atoms with Crippen molar-refractivity contribution in [1.82, 2.24) is 24.9 Å². The number of benzene rings is 1. The fourth-order valence-electron chi connectivity index (χ4n) is 4.40. The molecule has 0 bridgehead atoms. The molecule has 0 amide bonds. The highest BCUT2D eigenvalue weighted by molar-refractivity contribution is 5.80. The van der Waals surface area contributed by atoms with Gasteiger partial charge in [0.25, 0.3) is 0 Å². The van der Waals surface area contributed by atoms with Crippen molar-refractivity contribution in [2.75, 3.05) is 39.8 Å². The first kappa shape index (κ1) is 20.9. The van der Waals surface area contributed by atoms with E-state index in [1.165, 1.54) is 43.5 Å². The summed E-state index contributed by atoms with van der Waals surface area (Å²) in [6.45, 7) is 6.56. The minimum absolute atomic E-state index is 0.0254. The van der Waals surface area contributed by atoms with Gasteiger partial charge in [-0.05, 0) is 37.1 Å². The minimum atomic E-state index is 0.0254. The smallest absolute Gasteiger partial charge is 0.194 e. The van der Waals surface area contributed by atoms with Gasteiger partial charge >= 0.3 is 0 Å². The van der Waals surface area contributed by atoms with E-state index in [0.29, 0.717) is 6.61 Å². The zero-order valence-corrected chi connectivity index (χ0v) is 18.3. The molecule has 162 valence electrons. The molecule has 2 aromatic rings. The normalized spacial score (nSPS) is 21.1. The molecule has 1 aromatic heterocycles. The van der Waals surface area contributed by atoms with Crippen LogP contribution in [0.25, 0.3) is 0 Å². The van der Waals surface area contributed by atoms with Crippen LogP contribution < -0.4 is 5.32 Å². The molecule has 7 nitrogen and oxygen atoms in total. The van der Waals surface area contributed by atoms with Crippen molar-refractivity contribution in [3.63, 3.8) is 0 Å². The summed E-state index contributed by atoms with van der Waals surface area (Å²) < 4.78 is 7.81. The minimum Gasteiger partial charge on any atom is -0.370 e. The van der Waals surface area contributed by atoms with Gasteiger partial charge < -0.3 is 15.0 Å². The standard InChI is InChI=1S/C23H34N6O/c1-24-23(29-12-13-30-22(18-29)21-15-26-27(2)16-21)25-14-19-8-4-5-9-20(19)17-28-10-6-3-7-11-28/h4-5,8-9,15-16,22H,3,6-7,10-14,17-18H2,1-2H3,(H,24,25). The van der Waals surface area contributed by atoms with Crippen LogP contribution in [0.5, 0.6) is 0 Å². The van der Waals surface area contributed by atoms with Crippen LogP contribution in [0, 0.1) is 0 Å². The molecule has 2 saturated heterocycles. The molecule has 7 heteroatoms. The summed E-state index contributed by atoms with van der Waals surface area (Å²) in [7, 11) is 3.79. The number of guanidine groups is 1. The Kier molecular flexibility index (Phi) is 7.02. The molecule has 1 N–H and O–H groups in total. The summed E-state index contributed by atoms with van der Waals surface area (Å²) in [5.41, 5.74) is 3.88. The van der Waals surface area contributed by atoms with E-state index in [9.17, 15) is 0 Å². The molecule has 1 aromatic carbocycles. The van der Waals surface area contributed by atoms with E-state index in [2.05, 4.69) is 49.5 Å². The lowest BCUT2D eigenvalue weighted by Crippen LogP contribution is -2.48. The first-order chi connectivity index (χ1) is 14.7. The Bertz CT molecular complexity index is 842. The Morgan fingerprint density at radius 2 is 1.97 bits per heavy atom. The number of likely N-dealkylation sites (tertiary alicyclic amines) is 1. The largest absolute Gasteiger partial charge is 0.370 e. The van der Waals surface area contributed by atoms with Crippen molar-refractivity contribution in [3.8, 4) is 0 Å². The highest BCUT2D eigenvalue weighted by atomic mass is 16.5. The topological polar surface area (TPSA) is 57.9 Å². The maximum absolute atomic E-state index is 5.99. The molecule has 0 spiro atoms. The zero-order valence-electron chi connectivity index (χ0n) is 18.3. The SMILES string of the molecule is CN=C(NCc1ccccc1CN1CCCCC1)N1CCOC(c2cnn(C)c2)C1. The van der Waals surface area contributed by atoms with Gasteiger partial charge in [0, 0.05) is 45.5 Å². The van der Waals surface area contributed by atoms with Gasteiger partial charge in [-0.25, -0.2) is 0 Å². The first-order valence-corrected chi connectivity index (χ1v) is 11.1. The van der Waals surface area contributed by atoms with Crippen molar-refractivity contribution in [3.05, 3.63) is 53.3 Å². The van der Waals surface area contributed by atoms with E-state index in [0.717, 1.165) is 37.7 Å². The van der Waals surface area contributed by atoms with Gasteiger partial charge in [0.05, 0.1) is 19.3 Å². The third-order valence-corrected chi connectivity index (χ3v) is 6.07.